The van der Waals surface area contributed by atoms with Crippen LogP contribution in [0.15, 0.2) is 95.9 Å². The lowest BCUT2D eigenvalue weighted by Gasteiger charge is -2.77. The van der Waals surface area contributed by atoms with Crippen molar-refractivity contribution in [3.63, 3.8) is 0 Å². The maximum Gasteiger partial charge on any atom is 0.508 e. The molecule has 57 heavy (non-hydrogen) atoms. The van der Waals surface area contributed by atoms with Crippen LogP contribution in [-0.2, 0) is 38.0 Å². The molecule has 3 saturated carbocycles. The van der Waals surface area contributed by atoms with Crippen LogP contribution in [0, 0.1) is 39.9 Å². The Balaban J connectivity index is 1.39. The van der Waals surface area contributed by atoms with E-state index in [9.17, 15) is 13.2 Å². The zero-order chi connectivity index (χ0) is 41.2. The number of Topliss-reactive ketones (excluding diaryl/α,β-unsaturated/α-hetero) is 1. The normalized spacial score (nSPS) is 30.4. The standard InChI is InChI=1S/C46H60O9SSi/c1-31(2)39-46-37-36(30-45(37,51-8)52-9)38(47)44(40(46)55-41(48)54-39,29-32(43(46,6)7)25-28-56(49,50)33-19-13-10-14-20-33)26-27-53-57(42(3,4)5,34-21-15-11-16-22-34)35-23-17-12-18-24-35/h10-24,31-32,36-37,39-40H,25-30H2,1-9H3/t32-,36-,37-,39-,40+,44-,46+/m1/s1. The number of rotatable bonds is 13. The van der Waals surface area contributed by atoms with Crippen LogP contribution in [-0.4, -0.2) is 73.2 Å². The first kappa shape index (κ1) is 41.8. The Morgan fingerprint density at radius 3 is 1.88 bits per heavy atom. The molecular weight excluding hydrogens is 757 g/mol. The van der Waals surface area contributed by atoms with E-state index in [1.54, 1.807) is 44.6 Å². The number of carbonyl (C=O) groups excluding carboxylic acids is 2. The first-order chi connectivity index (χ1) is 26.9. The zero-order valence-corrected chi connectivity index (χ0v) is 36.8. The summed E-state index contributed by atoms with van der Waals surface area (Å²) in [5.74, 6) is -2.66. The second kappa shape index (κ2) is 14.7. The Morgan fingerprint density at radius 1 is 0.825 bits per heavy atom. The van der Waals surface area contributed by atoms with E-state index < -0.39 is 70.4 Å². The SMILES string of the molecule is COC1(OC)C[C@H]2C(=O)[C@@]3(CCO[Si](c4ccccc4)(c4ccccc4)C(C)(C)C)C[C@@H](CCS(=O)(=O)c4ccccc4)C(C)(C)[C@]4([C@@H](C(C)C)OC(=O)O[C@@H]34)[C@H]21. The molecule has 1 aliphatic heterocycles. The topological polar surface area (TPSA) is 114 Å². The summed E-state index contributed by atoms with van der Waals surface area (Å²) in [5, 5.41) is 1.95. The van der Waals surface area contributed by atoms with Crippen molar-refractivity contribution >= 4 is 40.5 Å². The molecule has 0 aromatic heterocycles. The predicted octanol–water partition coefficient (Wildman–Crippen LogP) is 7.60. The Kier molecular flexibility index (Phi) is 10.8. The average Bonchev–Trinajstić information content (AvgIpc) is 3.17. The lowest BCUT2D eigenvalue weighted by Crippen LogP contribution is -2.85. The molecule has 1 saturated heterocycles. The van der Waals surface area contributed by atoms with Gasteiger partial charge in [-0.2, -0.15) is 0 Å². The van der Waals surface area contributed by atoms with Gasteiger partial charge in [-0.25, -0.2) is 13.2 Å². The molecule has 0 N–H and O–H groups in total. The Labute approximate surface area is 340 Å². The van der Waals surface area contributed by atoms with Crippen molar-refractivity contribution in [2.24, 2.45) is 39.9 Å². The van der Waals surface area contributed by atoms with Gasteiger partial charge < -0.3 is 23.4 Å². The number of ketones is 1. The van der Waals surface area contributed by atoms with Crippen molar-refractivity contribution in [3.8, 4) is 0 Å². The van der Waals surface area contributed by atoms with E-state index in [-0.39, 0.29) is 46.3 Å². The predicted molar refractivity (Wildman–Crippen MR) is 221 cm³/mol. The van der Waals surface area contributed by atoms with E-state index in [1.165, 1.54) is 0 Å². The lowest BCUT2D eigenvalue weighted by atomic mass is 9.29. The highest BCUT2D eigenvalue weighted by Gasteiger charge is 2.86. The van der Waals surface area contributed by atoms with Crippen LogP contribution in [0.25, 0.3) is 0 Å². The Morgan fingerprint density at radius 2 is 1.37 bits per heavy atom. The van der Waals surface area contributed by atoms with Gasteiger partial charge in [0.1, 0.15) is 18.0 Å². The van der Waals surface area contributed by atoms with Crippen molar-refractivity contribution < 1.29 is 41.4 Å². The van der Waals surface area contributed by atoms with Crippen LogP contribution in [0.4, 0.5) is 4.79 Å². The van der Waals surface area contributed by atoms with Crippen molar-refractivity contribution in [2.75, 3.05) is 26.6 Å². The molecule has 308 valence electrons. The third kappa shape index (κ3) is 6.11. The van der Waals surface area contributed by atoms with Crippen LogP contribution in [0.1, 0.15) is 74.1 Å². The van der Waals surface area contributed by atoms with Crippen LogP contribution in [0.5, 0.6) is 0 Å². The molecule has 1 heterocycles. The smallest absolute Gasteiger partial charge is 0.430 e. The van der Waals surface area contributed by atoms with Crippen molar-refractivity contribution in [1.82, 2.24) is 0 Å². The lowest BCUT2D eigenvalue weighted by molar-refractivity contribution is -0.409. The highest BCUT2D eigenvalue weighted by molar-refractivity contribution is 7.91. The summed E-state index contributed by atoms with van der Waals surface area (Å²) in [6.45, 7) is 15.3. The van der Waals surface area contributed by atoms with Crippen LogP contribution < -0.4 is 10.4 Å². The van der Waals surface area contributed by atoms with Gasteiger partial charge in [-0.3, -0.25) is 4.79 Å². The van der Waals surface area contributed by atoms with Crippen molar-refractivity contribution in [1.29, 1.82) is 0 Å². The van der Waals surface area contributed by atoms with Crippen molar-refractivity contribution in [3.05, 3.63) is 91.0 Å². The van der Waals surface area contributed by atoms with Gasteiger partial charge in [0.05, 0.1) is 21.5 Å². The largest absolute Gasteiger partial charge is 0.508 e. The molecule has 7 atom stereocenters. The summed E-state index contributed by atoms with van der Waals surface area (Å²) < 4.78 is 60.6. The number of hydrogen-bond acceptors (Lipinski definition) is 9. The highest BCUT2D eigenvalue weighted by atomic mass is 32.2. The molecule has 4 fully saturated rings. The summed E-state index contributed by atoms with van der Waals surface area (Å²) in [4.78, 5) is 29.6. The molecule has 3 aliphatic carbocycles. The third-order valence-electron chi connectivity index (χ3n) is 14.7. The van der Waals surface area contributed by atoms with E-state index in [0.29, 0.717) is 19.3 Å². The van der Waals surface area contributed by atoms with E-state index in [2.05, 4.69) is 58.9 Å². The fourth-order valence-electron chi connectivity index (χ4n) is 12.2. The molecule has 2 bridgehead atoms. The second-order valence-corrected chi connectivity index (χ2v) is 25.2. The Bertz CT molecular complexity index is 2010. The van der Waals surface area contributed by atoms with Gasteiger partial charge in [0.15, 0.2) is 15.6 Å². The van der Waals surface area contributed by atoms with Gasteiger partial charge in [-0.15, -0.1) is 0 Å². The van der Waals surface area contributed by atoms with Crippen LogP contribution >= 0.6 is 0 Å². The van der Waals surface area contributed by atoms with E-state index in [1.807, 2.05) is 50.2 Å². The second-order valence-electron chi connectivity index (χ2n) is 18.8. The van der Waals surface area contributed by atoms with Crippen molar-refractivity contribution in [2.45, 2.75) is 102 Å². The number of hydrogen-bond donors (Lipinski definition) is 0. The highest BCUT2D eigenvalue weighted by Crippen LogP contribution is 2.78. The maximum atomic E-state index is 15.6. The fraction of sp³-hybridized carbons (Fsp3) is 0.565. The van der Waals surface area contributed by atoms with Gasteiger partial charge >= 0.3 is 6.16 Å². The molecule has 3 aromatic carbocycles. The van der Waals surface area contributed by atoms with E-state index >= 15 is 4.79 Å². The molecule has 7 rings (SSSR count). The number of methoxy groups -OCH3 is 2. The fourth-order valence-corrected chi connectivity index (χ4v) is 18.1. The van der Waals surface area contributed by atoms with Gasteiger partial charge in [-0.1, -0.05) is 127 Å². The summed E-state index contributed by atoms with van der Waals surface area (Å²) in [6.07, 6.45) is -1.07. The molecule has 4 aliphatic rings. The number of cyclic esters (lactones) is 1. The van der Waals surface area contributed by atoms with Gasteiger partial charge in [0, 0.05) is 39.1 Å². The zero-order valence-electron chi connectivity index (χ0n) is 34.9. The molecule has 0 amide bonds. The first-order valence-electron chi connectivity index (χ1n) is 20.4. The first-order valence-corrected chi connectivity index (χ1v) is 24.0. The summed E-state index contributed by atoms with van der Waals surface area (Å²) in [6, 6.07) is 29.3. The summed E-state index contributed by atoms with van der Waals surface area (Å²) in [7, 11) is -3.48. The molecule has 9 nitrogen and oxygen atoms in total. The maximum absolute atomic E-state index is 15.6. The molecule has 11 heteroatoms. The van der Waals surface area contributed by atoms with Crippen LogP contribution in [0.2, 0.25) is 5.04 Å². The minimum absolute atomic E-state index is 0.00696. The number of sulfone groups is 1. The minimum atomic E-state index is -3.66. The quantitative estimate of drug-likeness (QED) is 0.0978. The number of ether oxygens (including phenoxy) is 4. The Hall–Kier alpha value is -3.35. The number of fused-ring (bicyclic) bond motifs is 1. The molecule has 0 radical (unpaired) electrons. The molecule has 0 spiro atoms. The summed E-state index contributed by atoms with van der Waals surface area (Å²) in [5.41, 5.74) is -2.90. The monoisotopic (exact) mass is 816 g/mol. The summed E-state index contributed by atoms with van der Waals surface area (Å²) >= 11 is 0. The molecule has 3 aromatic rings. The molecule has 0 unspecified atom stereocenters. The number of benzene rings is 3. The van der Waals surface area contributed by atoms with E-state index in [4.69, 9.17) is 23.4 Å². The van der Waals surface area contributed by atoms with Gasteiger partial charge in [0.25, 0.3) is 8.32 Å². The van der Waals surface area contributed by atoms with Gasteiger partial charge in [-0.05, 0) is 64.1 Å². The molecular formula is C46H60O9SSi. The minimum Gasteiger partial charge on any atom is -0.430 e. The van der Waals surface area contributed by atoms with E-state index in [0.717, 1.165) is 10.4 Å². The van der Waals surface area contributed by atoms with Crippen LogP contribution in [0.3, 0.4) is 0 Å². The average molecular weight is 817 g/mol. The number of carbonyl (C=O) groups is 2. The van der Waals surface area contributed by atoms with Gasteiger partial charge in [0.2, 0.25) is 0 Å². The third-order valence-corrected chi connectivity index (χ3v) is 21.5.